The Bertz CT molecular complexity index is 374. The molecule has 1 aromatic carbocycles. The highest BCUT2D eigenvalue weighted by Crippen LogP contribution is 2.35. The molecule has 0 aromatic heterocycles. The van der Waals surface area contributed by atoms with Crippen LogP contribution in [0.3, 0.4) is 0 Å². The van der Waals surface area contributed by atoms with E-state index in [4.69, 9.17) is 0 Å². The Kier molecular flexibility index (Phi) is 4.46. The van der Waals surface area contributed by atoms with Crippen LogP contribution in [0.25, 0.3) is 0 Å². The number of nitrogens with one attached hydrogen (secondary N) is 1. The molecule has 0 saturated carbocycles. The molecule has 2 rings (SSSR count). The maximum atomic E-state index is 13.1. The molecule has 0 bridgehead atoms. The molecule has 1 aliphatic heterocycles. The summed E-state index contributed by atoms with van der Waals surface area (Å²) in [6.45, 7) is 5.10. The highest BCUT2D eigenvalue weighted by Gasteiger charge is 2.27. The predicted octanol–water partition coefficient (Wildman–Crippen LogP) is 3.54. The first-order chi connectivity index (χ1) is 8.22. The van der Waals surface area contributed by atoms with Crippen molar-refractivity contribution in [1.82, 2.24) is 5.32 Å². The number of rotatable bonds is 4. The Hall–Kier alpha value is -0.540. The van der Waals surface area contributed by atoms with Gasteiger partial charge in [-0.25, -0.2) is 4.39 Å². The summed E-state index contributed by atoms with van der Waals surface area (Å²) in [6.07, 6.45) is 1.26. The largest absolute Gasteiger partial charge is 0.310 e. The van der Waals surface area contributed by atoms with Gasteiger partial charge in [0.25, 0.3) is 0 Å². The van der Waals surface area contributed by atoms with Crippen molar-refractivity contribution >= 4 is 11.8 Å². The second-order valence-electron chi connectivity index (χ2n) is 4.66. The lowest BCUT2D eigenvalue weighted by molar-refractivity contribution is 0.399. The van der Waals surface area contributed by atoms with Crippen molar-refractivity contribution in [2.75, 3.05) is 18.1 Å². The first kappa shape index (κ1) is 12.9. The van der Waals surface area contributed by atoms with Gasteiger partial charge in [0.15, 0.2) is 0 Å². The normalized spacial score (nSPS) is 21.7. The third-order valence-electron chi connectivity index (χ3n) is 3.43. The molecular weight excluding hydrogens is 233 g/mol. The van der Waals surface area contributed by atoms with Gasteiger partial charge in [-0.05, 0) is 60.6 Å². The van der Waals surface area contributed by atoms with E-state index < -0.39 is 0 Å². The average Bonchev–Trinajstić information content (AvgIpc) is 2.80. The molecule has 0 aliphatic carbocycles. The van der Waals surface area contributed by atoms with Crippen molar-refractivity contribution in [2.24, 2.45) is 5.92 Å². The lowest BCUT2D eigenvalue weighted by Gasteiger charge is -2.25. The maximum Gasteiger partial charge on any atom is 0.123 e. The van der Waals surface area contributed by atoms with Gasteiger partial charge in [-0.3, -0.25) is 0 Å². The topological polar surface area (TPSA) is 12.0 Å². The monoisotopic (exact) mass is 253 g/mol. The van der Waals surface area contributed by atoms with Gasteiger partial charge < -0.3 is 5.32 Å². The van der Waals surface area contributed by atoms with E-state index in [0.29, 0.717) is 12.0 Å². The summed E-state index contributed by atoms with van der Waals surface area (Å²) in [5, 5.41) is 3.57. The van der Waals surface area contributed by atoms with Crippen molar-refractivity contribution in [2.45, 2.75) is 26.3 Å². The first-order valence-electron chi connectivity index (χ1n) is 6.29. The number of thioether (sulfide) groups is 1. The van der Waals surface area contributed by atoms with E-state index in [0.717, 1.165) is 12.1 Å². The molecule has 1 heterocycles. The van der Waals surface area contributed by atoms with Crippen LogP contribution in [0.5, 0.6) is 0 Å². The van der Waals surface area contributed by atoms with E-state index in [1.165, 1.54) is 23.5 Å². The van der Waals surface area contributed by atoms with Gasteiger partial charge in [0, 0.05) is 6.04 Å². The molecule has 0 radical (unpaired) electrons. The second kappa shape index (κ2) is 5.87. The minimum absolute atomic E-state index is 0.137. The van der Waals surface area contributed by atoms with E-state index in [1.54, 1.807) is 12.1 Å². The van der Waals surface area contributed by atoms with Crippen LogP contribution in [0.2, 0.25) is 0 Å². The van der Waals surface area contributed by atoms with Crippen molar-refractivity contribution < 1.29 is 4.39 Å². The van der Waals surface area contributed by atoms with Crippen LogP contribution in [-0.4, -0.2) is 18.1 Å². The van der Waals surface area contributed by atoms with Gasteiger partial charge in [0.1, 0.15) is 5.82 Å². The summed E-state index contributed by atoms with van der Waals surface area (Å²) in [4.78, 5) is 0. The molecule has 17 heavy (non-hydrogen) atoms. The van der Waals surface area contributed by atoms with Gasteiger partial charge in [-0.2, -0.15) is 11.8 Å². The zero-order valence-electron chi connectivity index (χ0n) is 10.5. The lowest BCUT2D eigenvalue weighted by Crippen LogP contribution is -2.29. The summed E-state index contributed by atoms with van der Waals surface area (Å²) in [5.41, 5.74) is 2.33. The third kappa shape index (κ3) is 3.02. The summed E-state index contributed by atoms with van der Waals surface area (Å²) in [6, 6.07) is 5.55. The molecule has 2 atom stereocenters. The zero-order chi connectivity index (χ0) is 12.3. The van der Waals surface area contributed by atoms with Crippen LogP contribution >= 0.6 is 11.8 Å². The molecule has 1 aliphatic rings. The zero-order valence-corrected chi connectivity index (χ0v) is 11.3. The van der Waals surface area contributed by atoms with E-state index in [2.05, 4.69) is 12.2 Å². The second-order valence-corrected chi connectivity index (χ2v) is 5.81. The molecule has 1 saturated heterocycles. The van der Waals surface area contributed by atoms with Crippen molar-refractivity contribution in [1.29, 1.82) is 0 Å². The van der Waals surface area contributed by atoms with Crippen LogP contribution in [0.4, 0.5) is 4.39 Å². The summed E-state index contributed by atoms with van der Waals surface area (Å²) in [5.74, 6) is 3.02. The number of halogens is 1. The smallest absolute Gasteiger partial charge is 0.123 e. The number of hydrogen-bond acceptors (Lipinski definition) is 2. The highest BCUT2D eigenvalue weighted by atomic mass is 32.2. The van der Waals surface area contributed by atoms with Crippen molar-refractivity contribution in [3.8, 4) is 0 Å². The van der Waals surface area contributed by atoms with E-state index in [-0.39, 0.29) is 5.82 Å². The molecule has 2 unspecified atom stereocenters. The Morgan fingerprint density at radius 1 is 1.53 bits per heavy atom. The van der Waals surface area contributed by atoms with Crippen LogP contribution in [0.1, 0.15) is 30.5 Å². The molecule has 3 heteroatoms. The maximum absolute atomic E-state index is 13.1. The summed E-state index contributed by atoms with van der Waals surface area (Å²) < 4.78 is 13.1. The van der Waals surface area contributed by atoms with Crippen LogP contribution in [0.15, 0.2) is 18.2 Å². The van der Waals surface area contributed by atoms with Crippen molar-refractivity contribution in [3.05, 3.63) is 35.1 Å². The van der Waals surface area contributed by atoms with E-state index in [1.807, 2.05) is 24.8 Å². The third-order valence-corrected chi connectivity index (χ3v) is 4.62. The molecule has 1 aromatic rings. The van der Waals surface area contributed by atoms with E-state index >= 15 is 0 Å². The Morgan fingerprint density at radius 3 is 2.94 bits per heavy atom. The molecule has 1 nitrogen and oxygen atoms in total. The fourth-order valence-corrected chi connectivity index (χ4v) is 3.85. The number of hydrogen-bond donors (Lipinski definition) is 1. The summed E-state index contributed by atoms with van der Waals surface area (Å²) >= 11 is 2.03. The molecule has 0 spiro atoms. The molecule has 0 amide bonds. The Morgan fingerprint density at radius 2 is 2.35 bits per heavy atom. The van der Waals surface area contributed by atoms with Crippen LogP contribution < -0.4 is 5.32 Å². The number of aryl methyl sites for hydroxylation is 1. The van der Waals surface area contributed by atoms with Gasteiger partial charge in [-0.15, -0.1) is 0 Å². The molecule has 94 valence electrons. The fraction of sp³-hybridized carbons (Fsp3) is 0.571. The number of benzene rings is 1. The minimum atomic E-state index is -0.137. The van der Waals surface area contributed by atoms with Gasteiger partial charge in [-0.1, -0.05) is 13.0 Å². The molecular formula is C14H20FNS. The summed E-state index contributed by atoms with van der Waals surface area (Å²) in [7, 11) is 0. The molecule has 1 N–H and O–H groups in total. The van der Waals surface area contributed by atoms with Gasteiger partial charge in [0.05, 0.1) is 0 Å². The Labute approximate surface area is 107 Å². The minimum Gasteiger partial charge on any atom is -0.310 e. The Balaban J connectivity index is 2.24. The van der Waals surface area contributed by atoms with Gasteiger partial charge >= 0.3 is 0 Å². The van der Waals surface area contributed by atoms with Crippen molar-refractivity contribution in [3.63, 3.8) is 0 Å². The highest BCUT2D eigenvalue weighted by molar-refractivity contribution is 7.99. The predicted molar refractivity (Wildman–Crippen MR) is 73.0 cm³/mol. The average molecular weight is 253 g/mol. The fourth-order valence-electron chi connectivity index (χ4n) is 2.55. The quantitative estimate of drug-likeness (QED) is 0.881. The first-order valence-corrected chi connectivity index (χ1v) is 7.45. The SMILES string of the molecule is CCNC(c1ccc(F)cc1C)C1CCSC1. The standard InChI is InChI=1S/C14H20FNS/c1-3-16-14(11-6-7-17-9-11)13-5-4-12(15)8-10(13)2/h4-5,8,11,14,16H,3,6-7,9H2,1-2H3. The van der Waals surface area contributed by atoms with Crippen LogP contribution in [-0.2, 0) is 0 Å². The van der Waals surface area contributed by atoms with E-state index in [9.17, 15) is 4.39 Å². The lowest BCUT2D eigenvalue weighted by atomic mass is 9.90. The van der Waals surface area contributed by atoms with Crippen LogP contribution in [0, 0.1) is 18.7 Å². The molecule has 1 fully saturated rings. The van der Waals surface area contributed by atoms with Gasteiger partial charge in [0.2, 0.25) is 0 Å².